The molecule has 1 aromatic carbocycles. The zero-order chi connectivity index (χ0) is 11.4. The van der Waals surface area contributed by atoms with Crippen molar-refractivity contribution >= 4 is 5.84 Å². The van der Waals surface area contributed by atoms with Crippen LogP contribution in [0.3, 0.4) is 0 Å². The molecular formula is C12H17N3O. The van der Waals surface area contributed by atoms with Crippen molar-refractivity contribution in [2.45, 2.75) is 12.3 Å². The van der Waals surface area contributed by atoms with Crippen LogP contribution >= 0.6 is 0 Å². The van der Waals surface area contributed by atoms with Crippen LogP contribution in [0.5, 0.6) is 0 Å². The molecule has 3 N–H and O–H groups in total. The van der Waals surface area contributed by atoms with E-state index in [1.54, 1.807) is 7.11 Å². The summed E-state index contributed by atoms with van der Waals surface area (Å²) in [6, 6.07) is 8.39. The molecule has 1 aromatic rings. The van der Waals surface area contributed by atoms with Gasteiger partial charge in [0.15, 0.2) is 0 Å². The number of methoxy groups -OCH3 is 1. The van der Waals surface area contributed by atoms with Crippen LogP contribution in [0.25, 0.3) is 0 Å². The van der Waals surface area contributed by atoms with E-state index in [1.807, 2.05) is 6.07 Å². The number of aliphatic imine (C=N–C) groups is 1. The molecule has 0 aromatic heterocycles. The fourth-order valence-electron chi connectivity index (χ4n) is 2.02. The summed E-state index contributed by atoms with van der Waals surface area (Å²) in [5.41, 5.74) is 5.42. The van der Waals surface area contributed by atoms with E-state index < -0.39 is 0 Å². The quantitative estimate of drug-likeness (QED) is 0.259. The van der Waals surface area contributed by atoms with Crippen LogP contribution in [0, 0.1) is 0 Å². The Kier molecular flexibility index (Phi) is 3.54. The topological polar surface area (TPSA) is 59.6 Å². The number of nitrogens with zero attached hydrogens (tertiary/aromatic N) is 1. The minimum absolute atomic E-state index is 0.332. The highest BCUT2D eigenvalue weighted by molar-refractivity contribution is 5.91. The first-order valence-corrected chi connectivity index (χ1v) is 5.44. The minimum Gasteiger partial charge on any atom is -0.383 e. The van der Waals surface area contributed by atoms with Crippen LogP contribution in [0.4, 0.5) is 0 Å². The fourth-order valence-corrected chi connectivity index (χ4v) is 2.02. The number of nitrogens with one attached hydrogen (secondary N) is 1. The smallest absolute Gasteiger partial charge is 0.118 e. The van der Waals surface area contributed by atoms with Gasteiger partial charge in [0, 0.05) is 13.0 Å². The van der Waals surface area contributed by atoms with Gasteiger partial charge in [0.05, 0.1) is 13.2 Å². The standard InChI is InChI=1S/C12H17N3O/c1-16-7-6-14-12(15-13)11-8-9-4-2-3-5-10(9)11/h2-5,11H,6-8,13H2,1H3,(H,14,15). The second kappa shape index (κ2) is 5.09. The molecule has 16 heavy (non-hydrogen) atoms. The van der Waals surface area contributed by atoms with Crippen LogP contribution in [-0.2, 0) is 11.2 Å². The van der Waals surface area contributed by atoms with E-state index in [0.29, 0.717) is 19.1 Å². The van der Waals surface area contributed by atoms with E-state index in [2.05, 4.69) is 28.6 Å². The summed E-state index contributed by atoms with van der Waals surface area (Å²) in [4.78, 5) is 4.41. The van der Waals surface area contributed by atoms with E-state index in [-0.39, 0.29) is 0 Å². The van der Waals surface area contributed by atoms with E-state index in [4.69, 9.17) is 10.6 Å². The van der Waals surface area contributed by atoms with Crippen molar-refractivity contribution in [2.24, 2.45) is 10.8 Å². The van der Waals surface area contributed by atoms with E-state index in [0.717, 1.165) is 12.3 Å². The van der Waals surface area contributed by atoms with Gasteiger partial charge in [-0.3, -0.25) is 4.99 Å². The SMILES string of the molecule is COCCN=C(NN)C1Cc2ccccc21. The molecular weight excluding hydrogens is 202 g/mol. The molecule has 4 nitrogen and oxygen atoms in total. The summed E-state index contributed by atoms with van der Waals surface area (Å²) in [7, 11) is 1.67. The maximum absolute atomic E-state index is 5.50. The first-order chi connectivity index (χ1) is 7.86. The number of amidine groups is 1. The van der Waals surface area contributed by atoms with Gasteiger partial charge in [-0.2, -0.15) is 0 Å². The maximum Gasteiger partial charge on any atom is 0.118 e. The Hall–Kier alpha value is -1.39. The van der Waals surface area contributed by atoms with Crippen molar-refractivity contribution in [3.05, 3.63) is 35.4 Å². The average Bonchev–Trinajstić information content (AvgIpc) is 2.29. The molecule has 1 atom stereocenters. The number of nitrogens with two attached hydrogens (primary N) is 1. The summed E-state index contributed by atoms with van der Waals surface area (Å²) in [6.07, 6.45) is 1.02. The van der Waals surface area contributed by atoms with Crippen molar-refractivity contribution in [3.8, 4) is 0 Å². The zero-order valence-electron chi connectivity index (χ0n) is 9.44. The highest BCUT2D eigenvalue weighted by Crippen LogP contribution is 2.35. The number of fused-ring (bicyclic) bond motifs is 1. The third-order valence-corrected chi connectivity index (χ3v) is 2.91. The summed E-state index contributed by atoms with van der Waals surface area (Å²) < 4.78 is 4.96. The summed E-state index contributed by atoms with van der Waals surface area (Å²) in [6.45, 7) is 1.27. The lowest BCUT2D eigenvalue weighted by molar-refractivity contribution is 0.208. The first kappa shape index (κ1) is 11.1. The summed E-state index contributed by atoms with van der Waals surface area (Å²) in [5.74, 6) is 6.69. The van der Waals surface area contributed by atoms with Crippen LogP contribution in [0.1, 0.15) is 17.0 Å². The molecule has 0 saturated carbocycles. The number of rotatable bonds is 4. The molecule has 1 aliphatic carbocycles. The number of hydrogen-bond acceptors (Lipinski definition) is 3. The predicted octanol–water partition coefficient (Wildman–Crippen LogP) is 0.834. The minimum atomic E-state index is 0.332. The van der Waals surface area contributed by atoms with Gasteiger partial charge < -0.3 is 10.2 Å². The highest BCUT2D eigenvalue weighted by Gasteiger charge is 2.29. The lowest BCUT2D eigenvalue weighted by Crippen LogP contribution is -2.39. The van der Waals surface area contributed by atoms with Crippen LogP contribution in [0.2, 0.25) is 0 Å². The van der Waals surface area contributed by atoms with Crippen LogP contribution in [0.15, 0.2) is 29.3 Å². The lowest BCUT2D eigenvalue weighted by Gasteiger charge is -2.30. The van der Waals surface area contributed by atoms with Gasteiger partial charge in [0.2, 0.25) is 0 Å². The van der Waals surface area contributed by atoms with Crippen molar-refractivity contribution in [1.82, 2.24) is 5.43 Å². The Labute approximate surface area is 95.5 Å². The number of benzene rings is 1. The Bertz CT molecular complexity index is 390. The number of hydrazine groups is 1. The Balaban J connectivity index is 2.06. The van der Waals surface area contributed by atoms with Gasteiger partial charge in [-0.15, -0.1) is 0 Å². The average molecular weight is 219 g/mol. The van der Waals surface area contributed by atoms with Crippen molar-refractivity contribution in [1.29, 1.82) is 0 Å². The van der Waals surface area contributed by atoms with Crippen molar-refractivity contribution < 1.29 is 4.74 Å². The molecule has 0 amide bonds. The monoisotopic (exact) mass is 219 g/mol. The molecule has 1 unspecified atom stereocenters. The highest BCUT2D eigenvalue weighted by atomic mass is 16.5. The molecule has 0 saturated heterocycles. The molecule has 0 fully saturated rings. The molecule has 0 spiro atoms. The molecule has 0 aliphatic heterocycles. The Morgan fingerprint density at radius 2 is 2.38 bits per heavy atom. The normalized spacial score (nSPS) is 18.9. The summed E-state index contributed by atoms with van der Waals surface area (Å²) >= 11 is 0. The molecule has 4 heteroatoms. The molecule has 2 rings (SSSR count). The van der Waals surface area contributed by atoms with E-state index in [9.17, 15) is 0 Å². The predicted molar refractivity (Wildman–Crippen MR) is 64.4 cm³/mol. The molecule has 0 bridgehead atoms. The maximum atomic E-state index is 5.50. The third kappa shape index (κ3) is 2.08. The van der Waals surface area contributed by atoms with Gasteiger partial charge in [0.25, 0.3) is 0 Å². The zero-order valence-corrected chi connectivity index (χ0v) is 9.44. The second-order valence-corrected chi connectivity index (χ2v) is 3.86. The lowest BCUT2D eigenvalue weighted by atomic mass is 9.77. The first-order valence-electron chi connectivity index (χ1n) is 5.44. The molecule has 86 valence electrons. The van der Waals surface area contributed by atoms with Gasteiger partial charge in [0.1, 0.15) is 5.84 Å². The van der Waals surface area contributed by atoms with Crippen LogP contribution < -0.4 is 11.3 Å². The van der Waals surface area contributed by atoms with E-state index >= 15 is 0 Å². The Morgan fingerprint density at radius 1 is 1.56 bits per heavy atom. The Morgan fingerprint density at radius 3 is 3.06 bits per heavy atom. The fraction of sp³-hybridized carbons (Fsp3) is 0.417. The van der Waals surface area contributed by atoms with Gasteiger partial charge in [-0.1, -0.05) is 24.3 Å². The number of ether oxygens (including phenoxy) is 1. The molecule has 1 aliphatic rings. The van der Waals surface area contributed by atoms with E-state index in [1.165, 1.54) is 11.1 Å². The molecule has 0 heterocycles. The van der Waals surface area contributed by atoms with Gasteiger partial charge >= 0.3 is 0 Å². The largest absolute Gasteiger partial charge is 0.383 e. The van der Waals surface area contributed by atoms with Gasteiger partial charge in [-0.25, -0.2) is 5.84 Å². The van der Waals surface area contributed by atoms with Crippen molar-refractivity contribution in [2.75, 3.05) is 20.3 Å². The third-order valence-electron chi connectivity index (χ3n) is 2.91. The van der Waals surface area contributed by atoms with Gasteiger partial charge in [-0.05, 0) is 17.5 Å². The molecule has 0 radical (unpaired) electrons. The number of hydrogen-bond donors (Lipinski definition) is 2. The second-order valence-electron chi connectivity index (χ2n) is 3.86. The van der Waals surface area contributed by atoms with Crippen molar-refractivity contribution in [3.63, 3.8) is 0 Å². The van der Waals surface area contributed by atoms with Crippen LogP contribution in [-0.4, -0.2) is 26.1 Å². The summed E-state index contributed by atoms with van der Waals surface area (Å²) in [5, 5.41) is 0.